The van der Waals surface area contributed by atoms with Gasteiger partial charge in [-0.15, -0.1) is 0 Å². The number of hydrogen-bond acceptors (Lipinski definition) is 5. The van der Waals surface area contributed by atoms with Gasteiger partial charge < -0.3 is 4.74 Å². The predicted molar refractivity (Wildman–Crippen MR) is 77.4 cm³/mol. The number of esters is 1. The first kappa shape index (κ1) is 15.7. The number of anilines is 1. The largest absolute Gasteiger partial charge is 0.469 e. The minimum Gasteiger partial charge on any atom is -0.469 e. The van der Waals surface area contributed by atoms with E-state index in [0.717, 1.165) is 5.69 Å². The molecular formula is C14H19N3O3. The Morgan fingerprint density at radius 3 is 2.50 bits per heavy atom. The second kappa shape index (κ2) is 8.68. The molecule has 0 aliphatic carbocycles. The molecule has 1 aromatic rings. The average Bonchev–Trinajstić information content (AvgIpc) is 2.48. The number of carbonyl (C=O) groups excluding carboxylic acids is 2. The Morgan fingerprint density at radius 2 is 1.90 bits per heavy atom. The minimum absolute atomic E-state index is 0.153. The number of carbonyl (C=O) groups is 2. The van der Waals surface area contributed by atoms with Gasteiger partial charge in [0.05, 0.1) is 12.8 Å². The summed E-state index contributed by atoms with van der Waals surface area (Å²) in [6, 6.07) is 9.39. The zero-order chi connectivity index (χ0) is 14.8. The molecule has 0 spiro atoms. The fourth-order valence-electron chi connectivity index (χ4n) is 1.52. The fourth-order valence-corrected chi connectivity index (χ4v) is 1.52. The van der Waals surface area contributed by atoms with E-state index >= 15 is 0 Å². The van der Waals surface area contributed by atoms with E-state index in [9.17, 15) is 9.59 Å². The van der Waals surface area contributed by atoms with Gasteiger partial charge in [-0.1, -0.05) is 18.2 Å². The van der Waals surface area contributed by atoms with Crippen molar-refractivity contribution in [3.05, 3.63) is 30.3 Å². The Bertz CT molecular complexity index is 472. The molecule has 1 aromatic carbocycles. The van der Waals surface area contributed by atoms with Gasteiger partial charge in [0.2, 0.25) is 0 Å². The number of hydrogen-bond donors (Lipinski definition) is 2. The van der Waals surface area contributed by atoms with Gasteiger partial charge in [0, 0.05) is 19.9 Å². The van der Waals surface area contributed by atoms with Gasteiger partial charge in [-0.05, 0) is 18.6 Å². The summed E-state index contributed by atoms with van der Waals surface area (Å²) >= 11 is 0. The maximum Gasteiger partial charge on any atom is 0.305 e. The van der Waals surface area contributed by atoms with Crippen LogP contribution < -0.4 is 10.9 Å². The highest BCUT2D eigenvalue weighted by molar-refractivity contribution is 6.38. The maximum absolute atomic E-state index is 11.9. The van der Waals surface area contributed by atoms with Crippen LogP contribution in [0.2, 0.25) is 0 Å². The molecule has 0 unspecified atom stereocenters. The first-order chi connectivity index (χ1) is 9.67. The summed E-state index contributed by atoms with van der Waals surface area (Å²) in [5, 5.41) is 0. The molecule has 20 heavy (non-hydrogen) atoms. The number of hydrazine groups is 1. The van der Waals surface area contributed by atoms with Crippen LogP contribution in [0.25, 0.3) is 0 Å². The van der Waals surface area contributed by atoms with Crippen molar-refractivity contribution in [3.8, 4) is 0 Å². The Labute approximate surface area is 118 Å². The van der Waals surface area contributed by atoms with Crippen molar-refractivity contribution >= 4 is 23.3 Å². The SMILES string of the molecule is CN=C(NNc1ccccc1)C(=O)CCCC(=O)OC. The van der Waals surface area contributed by atoms with Crippen LogP contribution in [0.1, 0.15) is 19.3 Å². The quantitative estimate of drug-likeness (QED) is 0.342. The van der Waals surface area contributed by atoms with Crippen molar-refractivity contribution in [2.45, 2.75) is 19.3 Å². The first-order valence-corrected chi connectivity index (χ1v) is 6.31. The van der Waals surface area contributed by atoms with Gasteiger partial charge in [0.15, 0.2) is 11.6 Å². The molecule has 0 saturated carbocycles. The van der Waals surface area contributed by atoms with E-state index in [1.807, 2.05) is 30.3 Å². The molecule has 0 aliphatic heterocycles. The zero-order valence-corrected chi connectivity index (χ0v) is 11.7. The van der Waals surface area contributed by atoms with Crippen LogP contribution in [-0.2, 0) is 14.3 Å². The number of nitrogens with one attached hydrogen (secondary N) is 2. The van der Waals surface area contributed by atoms with Crippen molar-refractivity contribution in [1.29, 1.82) is 0 Å². The Balaban J connectivity index is 2.38. The maximum atomic E-state index is 11.9. The number of ketones is 1. The number of aliphatic imine (C=N–C) groups is 1. The Kier molecular flexibility index (Phi) is 6.81. The number of nitrogens with zero attached hydrogens (tertiary/aromatic N) is 1. The molecule has 0 atom stereocenters. The summed E-state index contributed by atoms with van der Waals surface area (Å²) in [6.07, 6.45) is 0.911. The summed E-state index contributed by atoms with van der Waals surface area (Å²) in [5.41, 5.74) is 6.50. The van der Waals surface area contributed by atoms with Crippen LogP contribution in [0, 0.1) is 0 Å². The zero-order valence-electron chi connectivity index (χ0n) is 11.7. The molecule has 0 amide bonds. The van der Waals surface area contributed by atoms with Crippen LogP contribution in [0.15, 0.2) is 35.3 Å². The molecule has 0 saturated heterocycles. The Hall–Kier alpha value is -2.37. The molecule has 0 aromatic heterocycles. The number of amidine groups is 1. The molecule has 6 nitrogen and oxygen atoms in total. The molecule has 0 bridgehead atoms. The third-order valence-electron chi connectivity index (χ3n) is 2.60. The number of methoxy groups -OCH3 is 1. The summed E-state index contributed by atoms with van der Waals surface area (Å²) < 4.78 is 4.52. The predicted octanol–water partition coefficient (Wildman–Crippen LogP) is 1.54. The standard InChI is InChI=1S/C14H19N3O3/c1-15-14(12(18)9-6-10-13(19)20-2)17-16-11-7-4-3-5-8-11/h3-5,7-8,16H,6,9-10H2,1-2H3,(H,15,17). The minimum atomic E-state index is -0.317. The summed E-state index contributed by atoms with van der Waals surface area (Å²) in [4.78, 5) is 26.7. The molecule has 0 radical (unpaired) electrons. The van der Waals surface area contributed by atoms with Gasteiger partial charge in [0.1, 0.15) is 0 Å². The molecule has 1 rings (SSSR count). The highest BCUT2D eigenvalue weighted by atomic mass is 16.5. The van der Waals surface area contributed by atoms with Gasteiger partial charge in [-0.25, -0.2) is 0 Å². The highest BCUT2D eigenvalue weighted by Crippen LogP contribution is 2.03. The number of benzene rings is 1. The van der Waals surface area contributed by atoms with Crippen LogP contribution in [0.5, 0.6) is 0 Å². The lowest BCUT2D eigenvalue weighted by molar-refractivity contribution is -0.140. The summed E-state index contributed by atoms with van der Waals surface area (Å²) in [5.74, 6) is -0.235. The van der Waals surface area contributed by atoms with Gasteiger partial charge in [-0.2, -0.15) is 0 Å². The van der Waals surface area contributed by atoms with Crippen molar-refractivity contribution in [2.75, 3.05) is 19.6 Å². The molecule has 0 heterocycles. The van der Waals surface area contributed by atoms with Gasteiger partial charge in [-0.3, -0.25) is 25.4 Å². The van der Waals surface area contributed by atoms with E-state index in [2.05, 4.69) is 20.6 Å². The van der Waals surface area contributed by atoms with Crippen molar-refractivity contribution < 1.29 is 14.3 Å². The summed E-state index contributed by atoms with van der Waals surface area (Å²) in [7, 11) is 2.86. The van der Waals surface area contributed by atoms with Crippen LogP contribution in [0.3, 0.4) is 0 Å². The molecule has 108 valence electrons. The number of Topliss-reactive ketones (excluding diaryl/α,β-unsaturated/α-hetero) is 1. The van der Waals surface area contributed by atoms with Gasteiger partial charge >= 0.3 is 5.97 Å². The lowest BCUT2D eigenvalue weighted by Crippen LogP contribution is -2.35. The molecular weight excluding hydrogens is 258 g/mol. The summed E-state index contributed by atoms with van der Waals surface area (Å²) in [6.45, 7) is 0. The van der Waals surface area contributed by atoms with Gasteiger partial charge in [0.25, 0.3) is 0 Å². The van der Waals surface area contributed by atoms with E-state index in [0.29, 0.717) is 6.42 Å². The monoisotopic (exact) mass is 277 g/mol. The van der Waals surface area contributed by atoms with E-state index in [-0.39, 0.29) is 30.4 Å². The topological polar surface area (TPSA) is 79.8 Å². The number of rotatable bonds is 7. The van der Waals surface area contributed by atoms with E-state index in [4.69, 9.17) is 0 Å². The fraction of sp³-hybridized carbons (Fsp3) is 0.357. The third-order valence-corrected chi connectivity index (χ3v) is 2.60. The third kappa shape index (κ3) is 5.51. The second-order valence-corrected chi connectivity index (χ2v) is 4.04. The van der Waals surface area contributed by atoms with Crippen LogP contribution >= 0.6 is 0 Å². The lowest BCUT2D eigenvalue weighted by Gasteiger charge is -2.10. The first-order valence-electron chi connectivity index (χ1n) is 6.31. The van der Waals surface area contributed by atoms with E-state index in [1.54, 1.807) is 0 Å². The lowest BCUT2D eigenvalue weighted by atomic mass is 10.1. The molecule has 6 heteroatoms. The van der Waals surface area contributed by atoms with E-state index in [1.165, 1.54) is 14.2 Å². The second-order valence-electron chi connectivity index (χ2n) is 4.04. The van der Waals surface area contributed by atoms with Crippen LogP contribution in [0.4, 0.5) is 5.69 Å². The van der Waals surface area contributed by atoms with Crippen LogP contribution in [-0.4, -0.2) is 31.7 Å². The molecule has 2 N–H and O–H groups in total. The van der Waals surface area contributed by atoms with Crippen molar-refractivity contribution in [2.24, 2.45) is 4.99 Å². The molecule has 0 aliphatic rings. The molecule has 0 fully saturated rings. The van der Waals surface area contributed by atoms with Crippen molar-refractivity contribution in [3.63, 3.8) is 0 Å². The Morgan fingerprint density at radius 1 is 1.20 bits per heavy atom. The number of ether oxygens (including phenoxy) is 1. The number of para-hydroxylation sites is 1. The average molecular weight is 277 g/mol. The van der Waals surface area contributed by atoms with Crippen molar-refractivity contribution in [1.82, 2.24) is 5.43 Å². The smallest absolute Gasteiger partial charge is 0.305 e. The highest BCUT2D eigenvalue weighted by Gasteiger charge is 2.11. The normalized spacial score (nSPS) is 10.8. The van der Waals surface area contributed by atoms with E-state index < -0.39 is 0 Å².